The van der Waals surface area contributed by atoms with Crippen LogP contribution in [0.3, 0.4) is 0 Å². The van der Waals surface area contributed by atoms with Crippen molar-refractivity contribution in [2.24, 2.45) is 0 Å². The Morgan fingerprint density at radius 1 is 1.05 bits per heavy atom. The van der Waals surface area contributed by atoms with Crippen LogP contribution in [0.5, 0.6) is 11.5 Å². The van der Waals surface area contributed by atoms with Crippen LogP contribution in [0.2, 0.25) is 0 Å². The second kappa shape index (κ2) is 6.72. The van der Waals surface area contributed by atoms with Crippen molar-refractivity contribution in [3.8, 4) is 11.5 Å². The Labute approximate surface area is 130 Å². The number of carbonyl (C=O) groups excluding carboxylic acids is 1. The molecular formula is C15H13BrO3S. The highest BCUT2D eigenvalue weighted by atomic mass is 79.9. The first-order valence-electron chi connectivity index (χ1n) is 5.81. The van der Waals surface area contributed by atoms with Gasteiger partial charge in [0.05, 0.1) is 14.2 Å². The van der Waals surface area contributed by atoms with Crippen LogP contribution in [-0.2, 0) is 0 Å². The maximum atomic E-state index is 11.2. The number of benzene rings is 1. The minimum Gasteiger partial charge on any atom is -0.493 e. The van der Waals surface area contributed by atoms with Crippen molar-refractivity contribution in [3.05, 3.63) is 44.1 Å². The Kier molecular flexibility index (Phi) is 4.98. The first-order valence-corrected chi connectivity index (χ1v) is 7.48. The van der Waals surface area contributed by atoms with E-state index >= 15 is 0 Å². The average Bonchev–Trinajstić information content (AvgIpc) is 2.89. The van der Waals surface area contributed by atoms with Gasteiger partial charge in [-0.1, -0.05) is 6.08 Å². The fraction of sp³-hybridized carbons (Fsp3) is 0.133. The van der Waals surface area contributed by atoms with E-state index in [4.69, 9.17) is 9.47 Å². The van der Waals surface area contributed by atoms with Gasteiger partial charge in [0, 0.05) is 20.3 Å². The first-order chi connectivity index (χ1) is 9.67. The summed E-state index contributed by atoms with van der Waals surface area (Å²) in [7, 11) is 3.12. The lowest BCUT2D eigenvalue weighted by molar-refractivity contribution is 0.112. The number of thiophene rings is 1. The molecule has 0 spiro atoms. The molecule has 3 nitrogen and oxygen atoms in total. The smallest absolute Gasteiger partial charge is 0.161 e. The van der Waals surface area contributed by atoms with E-state index in [2.05, 4.69) is 15.9 Å². The molecule has 0 saturated heterocycles. The molecule has 0 amide bonds. The molecule has 0 bridgehead atoms. The molecule has 0 unspecified atom stereocenters. The van der Waals surface area contributed by atoms with E-state index in [-0.39, 0.29) is 0 Å². The minimum absolute atomic E-state index is 0.547. The predicted octanol–water partition coefficient (Wildman–Crippen LogP) is 4.51. The topological polar surface area (TPSA) is 35.5 Å². The monoisotopic (exact) mass is 352 g/mol. The number of carbonyl (C=O) groups is 1. The van der Waals surface area contributed by atoms with Crippen LogP contribution in [0.1, 0.15) is 20.8 Å². The fourth-order valence-electron chi connectivity index (χ4n) is 1.74. The van der Waals surface area contributed by atoms with Gasteiger partial charge in [-0.2, -0.15) is 0 Å². The molecule has 20 heavy (non-hydrogen) atoms. The zero-order chi connectivity index (χ0) is 14.5. The normalized spacial score (nSPS) is 10.8. The van der Waals surface area contributed by atoms with Gasteiger partial charge in [-0.05, 0) is 45.8 Å². The highest BCUT2D eigenvalue weighted by molar-refractivity contribution is 9.10. The van der Waals surface area contributed by atoms with Gasteiger partial charge < -0.3 is 9.47 Å². The molecule has 2 aromatic rings. The molecule has 1 aromatic carbocycles. The van der Waals surface area contributed by atoms with Crippen LogP contribution in [0, 0.1) is 0 Å². The van der Waals surface area contributed by atoms with E-state index in [1.165, 1.54) is 0 Å². The van der Waals surface area contributed by atoms with E-state index in [1.54, 1.807) is 37.7 Å². The Hall–Kier alpha value is -1.59. The number of hydrogen-bond acceptors (Lipinski definition) is 4. The van der Waals surface area contributed by atoms with Gasteiger partial charge in [-0.15, -0.1) is 11.3 Å². The van der Waals surface area contributed by atoms with Crippen LogP contribution in [0.25, 0.3) is 12.2 Å². The highest BCUT2D eigenvalue weighted by Crippen LogP contribution is 2.31. The molecule has 0 atom stereocenters. The Morgan fingerprint density at radius 3 is 2.20 bits per heavy atom. The average molecular weight is 353 g/mol. The zero-order valence-corrected chi connectivity index (χ0v) is 13.5. The van der Waals surface area contributed by atoms with Gasteiger partial charge in [-0.3, -0.25) is 4.79 Å². The molecule has 0 aliphatic rings. The van der Waals surface area contributed by atoms with Crippen LogP contribution in [-0.4, -0.2) is 20.5 Å². The number of methoxy groups -OCH3 is 2. The third kappa shape index (κ3) is 3.29. The first kappa shape index (κ1) is 14.8. The maximum absolute atomic E-state index is 11.2. The summed E-state index contributed by atoms with van der Waals surface area (Å²) in [5, 5.41) is 2.01. The minimum atomic E-state index is 0.547. The zero-order valence-electron chi connectivity index (χ0n) is 11.1. The molecule has 1 aromatic heterocycles. The summed E-state index contributed by atoms with van der Waals surface area (Å²) < 4.78 is 11.5. The Morgan fingerprint density at radius 2 is 1.70 bits per heavy atom. The lowest BCUT2D eigenvalue weighted by Crippen LogP contribution is -1.94. The van der Waals surface area contributed by atoms with Gasteiger partial charge in [0.15, 0.2) is 17.8 Å². The van der Waals surface area contributed by atoms with Crippen LogP contribution in [0.15, 0.2) is 28.1 Å². The van der Waals surface area contributed by atoms with E-state index in [1.807, 2.05) is 23.6 Å². The summed E-state index contributed by atoms with van der Waals surface area (Å²) in [6, 6.07) is 5.49. The summed E-state index contributed by atoms with van der Waals surface area (Å²) in [6.07, 6.45) is 4.67. The van der Waals surface area contributed by atoms with Crippen molar-refractivity contribution >= 4 is 45.7 Å². The SMILES string of the molecule is COc1cc(C=O)c(/C=C/c2cc(Br)cs2)cc1OC. The second-order valence-corrected chi connectivity index (χ2v) is 5.81. The van der Waals surface area contributed by atoms with Crippen molar-refractivity contribution < 1.29 is 14.3 Å². The quantitative estimate of drug-likeness (QED) is 0.742. The van der Waals surface area contributed by atoms with Crippen LogP contribution >= 0.6 is 27.3 Å². The third-order valence-corrected chi connectivity index (χ3v) is 4.39. The molecule has 1 heterocycles. The van der Waals surface area contributed by atoms with Crippen molar-refractivity contribution in [2.45, 2.75) is 0 Å². The van der Waals surface area contributed by atoms with Gasteiger partial charge in [0.1, 0.15) is 0 Å². The summed E-state index contributed by atoms with van der Waals surface area (Å²) in [6.45, 7) is 0. The molecule has 2 rings (SSSR count). The third-order valence-electron chi connectivity index (χ3n) is 2.73. The number of ether oxygens (including phenoxy) is 2. The van der Waals surface area contributed by atoms with Gasteiger partial charge in [0.25, 0.3) is 0 Å². The van der Waals surface area contributed by atoms with Crippen molar-refractivity contribution in [3.63, 3.8) is 0 Å². The number of halogens is 1. The van der Waals surface area contributed by atoms with E-state index in [9.17, 15) is 4.79 Å². The summed E-state index contributed by atoms with van der Waals surface area (Å²) in [4.78, 5) is 12.3. The molecule has 0 aliphatic heterocycles. The van der Waals surface area contributed by atoms with Gasteiger partial charge in [-0.25, -0.2) is 0 Å². The van der Waals surface area contributed by atoms with E-state index < -0.39 is 0 Å². The number of rotatable bonds is 5. The molecule has 0 radical (unpaired) electrons. The standard InChI is InChI=1S/C15H13BrO3S/c1-18-14-5-10(11(8-17)6-15(14)19-2)3-4-13-7-12(16)9-20-13/h3-9H,1-2H3/b4-3+. The lowest BCUT2D eigenvalue weighted by atomic mass is 10.1. The van der Waals surface area contributed by atoms with Gasteiger partial charge in [0.2, 0.25) is 0 Å². The van der Waals surface area contributed by atoms with Crippen molar-refractivity contribution in [1.29, 1.82) is 0 Å². The fourth-order valence-corrected chi connectivity index (χ4v) is 3.08. The number of aldehydes is 1. The van der Waals surface area contributed by atoms with Gasteiger partial charge >= 0.3 is 0 Å². The van der Waals surface area contributed by atoms with Crippen molar-refractivity contribution in [1.82, 2.24) is 0 Å². The summed E-state index contributed by atoms with van der Waals surface area (Å²) in [5.41, 5.74) is 1.36. The van der Waals surface area contributed by atoms with E-state index in [0.717, 1.165) is 21.2 Å². The molecule has 0 saturated carbocycles. The molecule has 5 heteroatoms. The second-order valence-electron chi connectivity index (χ2n) is 3.95. The van der Waals surface area contributed by atoms with Crippen molar-refractivity contribution in [2.75, 3.05) is 14.2 Å². The van der Waals surface area contributed by atoms with Crippen LogP contribution < -0.4 is 9.47 Å². The Balaban J connectivity index is 2.39. The van der Waals surface area contributed by atoms with Crippen LogP contribution in [0.4, 0.5) is 0 Å². The number of hydrogen-bond donors (Lipinski definition) is 0. The summed E-state index contributed by atoms with van der Waals surface area (Å²) >= 11 is 5.03. The maximum Gasteiger partial charge on any atom is 0.161 e. The largest absolute Gasteiger partial charge is 0.493 e. The molecule has 0 aliphatic carbocycles. The lowest BCUT2D eigenvalue weighted by Gasteiger charge is -2.10. The molecule has 0 fully saturated rings. The highest BCUT2D eigenvalue weighted by Gasteiger charge is 2.09. The molecule has 104 valence electrons. The molecule has 0 N–H and O–H groups in total. The summed E-state index contributed by atoms with van der Waals surface area (Å²) in [5.74, 6) is 1.15. The Bertz CT molecular complexity index is 647. The predicted molar refractivity (Wildman–Crippen MR) is 85.9 cm³/mol. The molecular weight excluding hydrogens is 340 g/mol. The van der Waals surface area contributed by atoms with E-state index in [0.29, 0.717) is 17.1 Å².